The van der Waals surface area contributed by atoms with Gasteiger partial charge in [0.25, 0.3) is 0 Å². The first-order valence-electron chi connectivity index (χ1n) is 7.46. The number of fused-ring (bicyclic) bond motifs is 2. The number of amides is 1. The molecular weight excluding hydrogens is 250 g/mol. The van der Waals surface area contributed by atoms with E-state index in [1.165, 1.54) is 6.42 Å². The summed E-state index contributed by atoms with van der Waals surface area (Å²) >= 11 is 0. The fraction of sp³-hybridized carbons (Fsp3) is 0.588. The predicted molar refractivity (Wildman–Crippen MR) is 79.6 cm³/mol. The van der Waals surface area contributed by atoms with Gasteiger partial charge in [0.2, 0.25) is 0 Å². The molecule has 0 aromatic heterocycles. The topological polar surface area (TPSA) is 38.3 Å². The maximum atomic E-state index is 12.1. The molecular formula is C17H23NO2. The molecule has 0 aliphatic heterocycles. The molecule has 0 radical (unpaired) electrons. The molecule has 1 aromatic carbocycles. The summed E-state index contributed by atoms with van der Waals surface area (Å²) < 4.78 is 5.74. The van der Waals surface area contributed by atoms with Crippen LogP contribution >= 0.6 is 0 Å². The lowest BCUT2D eigenvalue weighted by atomic mass is 9.70. The van der Waals surface area contributed by atoms with Crippen molar-refractivity contribution in [2.24, 2.45) is 16.7 Å². The Balaban J connectivity index is 1.66. The highest BCUT2D eigenvalue weighted by Crippen LogP contribution is 2.66. The third kappa shape index (κ3) is 1.91. The van der Waals surface area contributed by atoms with Crippen molar-refractivity contribution >= 4 is 11.8 Å². The van der Waals surface area contributed by atoms with Crippen LogP contribution in [0.5, 0.6) is 0 Å². The number of carbonyl (C=O) groups is 1. The molecule has 1 N–H and O–H groups in total. The number of hydrogen-bond acceptors (Lipinski definition) is 2. The Labute approximate surface area is 120 Å². The Hall–Kier alpha value is -1.51. The van der Waals surface area contributed by atoms with Gasteiger partial charge in [-0.2, -0.15) is 0 Å². The number of carbonyl (C=O) groups excluding carboxylic acids is 1. The second kappa shape index (κ2) is 4.51. The second-order valence-corrected chi connectivity index (χ2v) is 7.00. The van der Waals surface area contributed by atoms with Gasteiger partial charge in [0.05, 0.1) is 0 Å². The summed E-state index contributed by atoms with van der Waals surface area (Å²) in [7, 11) is 0. The number of ether oxygens (including phenoxy) is 1. The van der Waals surface area contributed by atoms with Crippen LogP contribution in [-0.2, 0) is 4.74 Å². The lowest BCUT2D eigenvalue weighted by Gasteiger charge is -2.38. The van der Waals surface area contributed by atoms with Gasteiger partial charge in [0.1, 0.15) is 6.10 Å². The highest BCUT2D eigenvalue weighted by atomic mass is 16.6. The molecule has 0 saturated heterocycles. The second-order valence-electron chi connectivity index (χ2n) is 7.00. The van der Waals surface area contributed by atoms with Crippen LogP contribution in [0.4, 0.5) is 10.5 Å². The van der Waals surface area contributed by atoms with E-state index >= 15 is 0 Å². The molecule has 0 heterocycles. The van der Waals surface area contributed by atoms with Gasteiger partial charge in [-0.3, -0.25) is 5.32 Å². The molecule has 2 aliphatic rings. The monoisotopic (exact) mass is 273 g/mol. The maximum Gasteiger partial charge on any atom is 0.411 e. The van der Waals surface area contributed by atoms with Crippen molar-refractivity contribution in [3.63, 3.8) is 0 Å². The minimum atomic E-state index is -0.328. The summed E-state index contributed by atoms with van der Waals surface area (Å²) in [5.74, 6) is 0.682. The Morgan fingerprint density at radius 3 is 2.50 bits per heavy atom. The molecule has 0 unspecified atom stereocenters. The summed E-state index contributed by atoms with van der Waals surface area (Å²) in [4.78, 5) is 12.1. The van der Waals surface area contributed by atoms with E-state index in [2.05, 4.69) is 26.1 Å². The quantitative estimate of drug-likeness (QED) is 0.864. The van der Waals surface area contributed by atoms with Gasteiger partial charge >= 0.3 is 6.09 Å². The zero-order chi connectivity index (χ0) is 14.4. The van der Waals surface area contributed by atoms with E-state index in [1.54, 1.807) is 0 Å². The van der Waals surface area contributed by atoms with Crippen molar-refractivity contribution in [1.82, 2.24) is 0 Å². The van der Waals surface area contributed by atoms with Crippen LogP contribution in [0.3, 0.4) is 0 Å². The van der Waals surface area contributed by atoms with E-state index in [1.807, 2.05) is 30.3 Å². The molecule has 3 rings (SSSR count). The molecule has 0 spiro atoms. The SMILES string of the molecule is CC1(C)[C@@H]2CC[C@@]1(C)[C@@H](OC(=O)Nc1ccccc1)C2. The minimum absolute atomic E-state index is 0.0416. The highest BCUT2D eigenvalue weighted by molar-refractivity contribution is 5.84. The molecule has 2 saturated carbocycles. The first-order valence-corrected chi connectivity index (χ1v) is 7.46. The lowest BCUT2D eigenvalue weighted by molar-refractivity contribution is 0.00148. The Bertz CT molecular complexity index is 511. The molecule has 1 aromatic rings. The van der Waals surface area contributed by atoms with E-state index in [4.69, 9.17) is 4.74 Å². The zero-order valence-corrected chi connectivity index (χ0v) is 12.5. The lowest BCUT2D eigenvalue weighted by Crippen LogP contribution is -2.39. The van der Waals surface area contributed by atoms with Crippen molar-refractivity contribution in [1.29, 1.82) is 0 Å². The molecule has 2 bridgehead atoms. The Morgan fingerprint density at radius 2 is 1.95 bits per heavy atom. The number of anilines is 1. The van der Waals surface area contributed by atoms with Gasteiger partial charge in [-0.05, 0) is 42.7 Å². The summed E-state index contributed by atoms with van der Waals surface area (Å²) in [5, 5.41) is 2.81. The third-order valence-corrected chi connectivity index (χ3v) is 5.98. The van der Waals surface area contributed by atoms with Crippen molar-refractivity contribution < 1.29 is 9.53 Å². The molecule has 2 fully saturated rings. The van der Waals surface area contributed by atoms with Crippen LogP contribution in [-0.4, -0.2) is 12.2 Å². The van der Waals surface area contributed by atoms with E-state index in [0.29, 0.717) is 5.92 Å². The van der Waals surface area contributed by atoms with Gasteiger partial charge in [0, 0.05) is 11.1 Å². The number of para-hydroxylation sites is 1. The minimum Gasteiger partial charge on any atom is -0.445 e. The van der Waals surface area contributed by atoms with Crippen molar-refractivity contribution in [2.45, 2.75) is 46.1 Å². The van der Waals surface area contributed by atoms with Gasteiger partial charge in [-0.25, -0.2) is 4.79 Å². The van der Waals surface area contributed by atoms with Crippen LogP contribution in [0.15, 0.2) is 30.3 Å². The molecule has 2 aliphatic carbocycles. The van der Waals surface area contributed by atoms with Crippen LogP contribution in [0.1, 0.15) is 40.0 Å². The summed E-state index contributed by atoms with van der Waals surface area (Å²) in [5.41, 5.74) is 1.17. The van der Waals surface area contributed by atoms with Crippen LogP contribution in [0.25, 0.3) is 0 Å². The van der Waals surface area contributed by atoms with E-state index in [0.717, 1.165) is 18.5 Å². The van der Waals surface area contributed by atoms with Crippen molar-refractivity contribution in [3.05, 3.63) is 30.3 Å². The van der Waals surface area contributed by atoms with E-state index in [9.17, 15) is 4.79 Å². The first-order chi connectivity index (χ1) is 9.43. The van der Waals surface area contributed by atoms with Crippen molar-refractivity contribution in [2.75, 3.05) is 5.32 Å². The molecule has 3 atom stereocenters. The number of rotatable bonds is 2. The van der Waals surface area contributed by atoms with Crippen LogP contribution in [0.2, 0.25) is 0 Å². The largest absolute Gasteiger partial charge is 0.445 e. The van der Waals surface area contributed by atoms with Gasteiger partial charge in [0.15, 0.2) is 0 Å². The molecule has 3 nitrogen and oxygen atoms in total. The zero-order valence-electron chi connectivity index (χ0n) is 12.5. The number of nitrogens with one attached hydrogen (secondary N) is 1. The number of hydrogen-bond donors (Lipinski definition) is 1. The van der Waals surface area contributed by atoms with Gasteiger partial charge < -0.3 is 4.74 Å². The molecule has 108 valence electrons. The number of benzene rings is 1. The standard InChI is InChI=1S/C17H23NO2/c1-16(2)12-9-10-17(16,3)14(11-12)20-15(19)18-13-7-5-4-6-8-13/h4-8,12,14H,9-11H2,1-3H3,(H,18,19)/t12-,14+,17+/m1/s1. The third-order valence-electron chi connectivity index (χ3n) is 5.98. The average molecular weight is 273 g/mol. The molecule has 20 heavy (non-hydrogen) atoms. The normalized spacial score (nSPS) is 34.0. The summed E-state index contributed by atoms with van der Waals surface area (Å²) in [6.45, 7) is 6.92. The Kier molecular flexibility index (Phi) is 3.03. The van der Waals surface area contributed by atoms with E-state index in [-0.39, 0.29) is 23.0 Å². The van der Waals surface area contributed by atoms with Gasteiger partial charge in [-0.1, -0.05) is 39.0 Å². The van der Waals surface area contributed by atoms with Gasteiger partial charge in [-0.15, -0.1) is 0 Å². The Morgan fingerprint density at radius 1 is 1.25 bits per heavy atom. The van der Waals surface area contributed by atoms with Crippen LogP contribution in [0, 0.1) is 16.7 Å². The average Bonchev–Trinajstić information content (AvgIpc) is 2.73. The fourth-order valence-corrected chi connectivity index (χ4v) is 4.11. The van der Waals surface area contributed by atoms with Crippen molar-refractivity contribution in [3.8, 4) is 0 Å². The molecule has 1 amide bonds. The summed E-state index contributed by atoms with van der Waals surface area (Å²) in [6, 6.07) is 9.46. The predicted octanol–water partition coefficient (Wildman–Crippen LogP) is 4.45. The fourth-order valence-electron chi connectivity index (χ4n) is 4.11. The maximum absolute atomic E-state index is 12.1. The smallest absolute Gasteiger partial charge is 0.411 e. The summed E-state index contributed by atoms with van der Waals surface area (Å²) in [6.07, 6.45) is 3.15. The van der Waals surface area contributed by atoms with E-state index < -0.39 is 0 Å². The highest BCUT2D eigenvalue weighted by Gasteiger charge is 2.62. The first kappa shape index (κ1) is 13.5. The molecule has 3 heteroatoms. The van der Waals surface area contributed by atoms with Crippen LogP contribution < -0.4 is 5.32 Å².